The van der Waals surface area contributed by atoms with Gasteiger partial charge in [-0.15, -0.1) is 5.10 Å². The van der Waals surface area contributed by atoms with Gasteiger partial charge < -0.3 is 5.73 Å². The lowest BCUT2D eigenvalue weighted by molar-refractivity contribution is 0.199. The maximum atomic E-state index is 13.9. The third-order valence-electron chi connectivity index (χ3n) is 3.42. The molecule has 1 saturated carbocycles. The fourth-order valence-corrected chi connectivity index (χ4v) is 2.39. The number of nitrogens with zero attached hydrogens (tertiary/aromatic N) is 4. The number of aromatic nitrogens is 4. The van der Waals surface area contributed by atoms with Crippen molar-refractivity contribution in [2.45, 2.75) is 25.8 Å². The molecule has 0 bridgehead atoms. The zero-order valence-electron chi connectivity index (χ0n) is 10.0. The average Bonchev–Trinajstić information content (AvgIpc) is 2.73. The smallest absolute Gasteiger partial charge is 0.185 e. The monoisotopic (exact) mass is 247 g/mol. The topological polar surface area (TPSA) is 69.6 Å². The predicted molar refractivity (Wildman–Crippen MR) is 65.1 cm³/mol. The molecule has 0 unspecified atom stereocenters. The molecular weight excluding hydrogens is 233 g/mol. The van der Waals surface area contributed by atoms with E-state index < -0.39 is 5.82 Å². The number of nitrogens with two attached hydrogens (primary N) is 1. The molecule has 1 heterocycles. The summed E-state index contributed by atoms with van der Waals surface area (Å²) in [7, 11) is 0. The van der Waals surface area contributed by atoms with Gasteiger partial charge in [-0.05, 0) is 47.4 Å². The number of benzene rings is 1. The van der Waals surface area contributed by atoms with Crippen molar-refractivity contribution in [1.82, 2.24) is 20.2 Å². The lowest BCUT2D eigenvalue weighted by atomic mass is 9.82. The summed E-state index contributed by atoms with van der Waals surface area (Å²) in [6.07, 6.45) is 2.07. The SMILES string of the molecule is CC1CC(n2nnnc2-c2ccc(N)cc2F)C1. The molecule has 3 rings (SSSR count). The molecule has 1 aliphatic rings. The first kappa shape index (κ1) is 11.1. The Hall–Kier alpha value is -1.98. The minimum atomic E-state index is -0.390. The predicted octanol–water partition coefficient (Wildman–Crippen LogP) is 2.03. The summed E-state index contributed by atoms with van der Waals surface area (Å²) in [6.45, 7) is 2.18. The van der Waals surface area contributed by atoms with Crippen molar-refractivity contribution in [1.29, 1.82) is 0 Å². The molecule has 5 nitrogen and oxygen atoms in total. The molecule has 0 saturated heterocycles. The summed E-state index contributed by atoms with van der Waals surface area (Å²) in [5.41, 5.74) is 6.33. The third-order valence-corrected chi connectivity index (χ3v) is 3.42. The molecule has 6 heteroatoms. The Kier molecular flexibility index (Phi) is 2.50. The van der Waals surface area contributed by atoms with Gasteiger partial charge in [0.05, 0.1) is 11.6 Å². The molecular formula is C12H14FN5. The first-order chi connectivity index (χ1) is 8.65. The molecule has 18 heavy (non-hydrogen) atoms. The summed E-state index contributed by atoms with van der Waals surface area (Å²) in [6, 6.07) is 4.84. The molecule has 0 atom stereocenters. The highest BCUT2D eigenvalue weighted by Gasteiger charge is 2.30. The first-order valence-electron chi connectivity index (χ1n) is 5.98. The number of hydrogen-bond donors (Lipinski definition) is 1. The van der Waals surface area contributed by atoms with E-state index in [-0.39, 0.29) is 6.04 Å². The van der Waals surface area contributed by atoms with Crippen molar-refractivity contribution in [3.05, 3.63) is 24.0 Å². The van der Waals surface area contributed by atoms with E-state index in [0.29, 0.717) is 23.0 Å². The number of anilines is 1. The van der Waals surface area contributed by atoms with Crippen LogP contribution in [-0.4, -0.2) is 20.2 Å². The van der Waals surface area contributed by atoms with Gasteiger partial charge in [0.25, 0.3) is 0 Å². The van der Waals surface area contributed by atoms with E-state index in [0.717, 1.165) is 12.8 Å². The summed E-state index contributed by atoms with van der Waals surface area (Å²) < 4.78 is 15.6. The summed E-state index contributed by atoms with van der Waals surface area (Å²) in [5, 5.41) is 11.6. The fourth-order valence-electron chi connectivity index (χ4n) is 2.39. The second-order valence-corrected chi connectivity index (χ2v) is 4.92. The molecule has 0 aliphatic heterocycles. The molecule has 0 amide bonds. The number of nitrogen functional groups attached to an aromatic ring is 1. The van der Waals surface area contributed by atoms with Gasteiger partial charge in [0.2, 0.25) is 0 Å². The van der Waals surface area contributed by atoms with E-state index in [1.54, 1.807) is 16.8 Å². The van der Waals surface area contributed by atoms with Crippen molar-refractivity contribution in [3.63, 3.8) is 0 Å². The largest absolute Gasteiger partial charge is 0.399 e. The van der Waals surface area contributed by atoms with Gasteiger partial charge in [0.15, 0.2) is 5.82 Å². The molecule has 1 aromatic heterocycles. The van der Waals surface area contributed by atoms with Crippen LogP contribution in [-0.2, 0) is 0 Å². The van der Waals surface area contributed by atoms with Crippen LogP contribution in [0.4, 0.5) is 10.1 Å². The van der Waals surface area contributed by atoms with Crippen LogP contribution in [0.2, 0.25) is 0 Å². The Morgan fingerprint density at radius 1 is 1.39 bits per heavy atom. The van der Waals surface area contributed by atoms with E-state index in [4.69, 9.17) is 5.73 Å². The highest BCUT2D eigenvalue weighted by molar-refractivity contribution is 5.59. The van der Waals surface area contributed by atoms with Gasteiger partial charge in [-0.3, -0.25) is 0 Å². The van der Waals surface area contributed by atoms with Crippen LogP contribution in [0.15, 0.2) is 18.2 Å². The normalized spacial score (nSPS) is 22.8. The van der Waals surface area contributed by atoms with Crippen LogP contribution in [0, 0.1) is 11.7 Å². The molecule has 2 aromatic rings. The number of hydrogen-bond acceptors (Lipinski definition) is 4. The van der Waals surface area contributed by atoms with Crippen LogP contribution >= 0.6 is 0 Å². The third kappa shape index (κ3) is 1.73. The minimum Gasteiger partial charge on any atom is -0.399 e. The van der Waals surface area contributed by atoms with Gasteiger partial charge in [-0.2, -0.15) is 0 Å². The van der Waals surface area contributed by atoms with Crippen molar-refractivity contribution in [3.8, 4) is 11.4 Å². The van der Waals surface area contributed by atoms with E-state index in [2.05, 4.69) is 22.4 Å². The number of halogens is 1. The van der Waals surface area contributed by atoms with Crippen molar-refractivity contribution in [2.24, 2.45) is 5.92 Å². The molecule has 1 aromatic carbocycles. The summed E-state index contributed by atoms with van der Waals surface area (Å²) in [4.78, 5) is 0. The van der Waals surface area contributed by atoms with E-state index in [9.17, 15) is 4.39 Å². The lowest BCUT2D eigenvalue weighted by Gasteiger charge is -2.32. The highest BCUT2D eigenvalue weighted by atomic mass is 19.1. The number of tetrazole rings is 1. The number of rotatable bonds is 2. The second kappa shape index (κ2) is 4.04. The second-order valence-electron chi connectivity index (χ2n) is 4.92. The van der Waals surface area contributed by atoms with Gasteiger partial charge >= 0.3 is 0 Å². The van der Waals surface area contributed by atoms with Crippen LogP contribution in [0.5, 0.6) is 0 Å². The summed E-state index contributed by atoms with van der Waals surface area (Å²) in [5.74, 6) is 0.770. The van der Waals surface area contributed by atoms with Crippen molar-refractivity contribution in [2.75, 3.05) is 5.73 Å². The van der Waals surface area contributed by atoms with Gasteiger partial charge in [0.1, 0.15) is 5.82 Å². The van der Waals surface area contributed by atoms with Crippen molar-refractivity contribution >= 4 is 5.69 Å². The standard InChI is InChI=1S/C12H14FN5/c1-7-4-9(5-7)18-12(15-16-17-18)10-3-2-8(14)6-11(10)13/h2-3,6-7,9H,4-5,14H2,1H3. The Balaban J connectivity index is 1.99. The van der Waals surface area contributed by atoms with Gasteiger partial charge in [-0.1, -0.05) is 6.92 Å². The quantitative estimate of drug-likeness (QED) is 0.824. The van der Waals surface area contributed by atoms with Crippen LogP contribution < -0.4 is 5.73 Å². The maximum absolute atomic E-state index is 13.9. The van der Waals surface area contributed by atoms with E-state index >= 15 is 0 Å². The van der Waals surface area contributed by atoms with Crippen LogP contribution in [0.25, 0.3) is 11.4 Å². The first-order valence-corrected chi connectivity index (χ1v) is 5.98. The van der Waals surface area contributed by atoms with Crippen LogP contribution in [0.1, 0.15) is 25.8 Å². The molecule has 1 aliphatic carbocycles. The Bertz CT molecular complexity index is 574. The Morgan fingerprint density at radius 3 is 2.83 bits per heavy atom. The Labute approximate surface area is 104 Å². The van der Waals surface area contributed by atoms with E-state index in [1.165, 1.54) is 6.07 Å². The molecule has 0 radical (unpaired) electrons. The molecule has 1 fully saturated rings. The molecule has 94 valence electrons. The average molecular weight is 247 g/mol. The fraction of sp³-hybridized carbons (Fsp3) is 0.417. The van der Waals surface area contributed by atoms with Crippen molar-refractivity contribution < 1.29 is 4.39 Å². The van der Waals surface area contributed by atoms with Gasteiger partial charge in [0, 0.05) is 5.69 Å². The lowest BCUT2D eigenvalue weighted by Crippen LogP contribution is -2.26. The Morgan fingerprint density at radius 2 is 2.17 bits per heavy atom. The van der Waals surface area contributed by atoms with Crippen LogP contribution in [0.3, 0.4) is 0 Å². The minimum absolute atomic E-state index is 0.280. The van der Waals surface area contributed by atoms with E-state index in [1.807, 2.05) is 0 Å². The molecule has 0 spiro atoms. The zero-order valence-corrected chi connectivity index (χ0v) is 10.0. The zero-order chi connectivity index (χ0) is 12.7. The maximum Gasteiger partial charge on any atom is 0.185 e. The molecule has 2 N–H and O–H groups in total. The van der Waals surface area contributed by atoms with Gasteiger partial charge in [-0.25, -0.2) is 9.07 Å². The highest BCUT2D eigenvalue weighted by Crippen LogP contribution is 2.38. The summed E-state index contributed by atoms with van der Waals surface area (Å²) >= 11 is 0.